The van der Waals surface area contributed by atoms with E-state index < -0.39 is 0 Å². The van der Waals surface area contributed by atoms with Crippen LogP contribution in [0.25, 0.3) is 0 Å². The summed E-state index contributed by atoms with van der Waals surface area (Å²) >= 11 is 0. The first kappa shape index (κ1) is 12.2. The molecule has 3 heteroatoms. The molecule has 3 nitrogen and oxygen atoms in total. The summed E-state index contributed by atoms with van der Waals surface area (Å²) in [6.45, 7) is 9.93. The Balaban J connectivity index is 1.76. The van der Waals surface area contributed by atoms with Crippen LogP contribution in [0.5, 0.6) is 0 Å². The van der Waals surface area contributed by atoms with Crippen LogP contribution in [0.3, 0.4) is 0 Å². The summed E-state index contributed by atoms with van der Waals surface area (Å²) in [6, 6.07) is -0.167. The van der Waals surface area contributed by atoms with Crippen molar-refractivity contribution in [1.29, 1.82) is 0 Å². The molecular formula is C15H24N2O. The Morgan fingerprint density at radius 1 is 1.44 bits per heavy atom. The van der Waals surface area contributed by atoms with Gasteiger partial charge in [-0.05, 0) is 48.9 Å². The fourth-order valence-electron chi connectivity index (χ4n) is 4.60. The molecule has 0 N–H and O–H groups in total. The second kappa shape index (κ2) is 3.58. The van der Waals surface area contributed by atoms with Crippen molar-refractivity contribution in [3.8, 4) is 0 Å². The highest BCUT2D eigenvalue weighted by molar-refractivity contribution is 5.96. The monoisotopic (exact) mass is 248 g/mol. The van der Waals surface area contributed by atoms with E-state index in [1.807, 2.05) is 11.8 Å². The van der Waals surface area contributed by atoms with Crippen molar-refractivity contribution in [2.75, 3.05) is 6.54 Å². The SMILES string of the molecule is CC1N=CN(CC2(C)CCC3CC2C3(C)C)C1=O. The first-order valence-corrected chi connectivity index (χ1v) is 7.18. The van der Waals surface area contributed by atoms with Crippen LogP contribution >= 0.6 is 0 Å². The van der Waals surface area contributed by atoms with Gasteiger partial charge in [0, 0.05) is 6.54 Å². The quantitative estimate of drug-likeness (QED) is 0.739. The van der Waals surface area contributed by atoms with Crippen LogP contribution in [0.15, 0.2) is 4.99 Å². The van der Waals surface area contributed by atoms with Gasteiger partial charge in [0.05, 0.1) is 6.34 Å². The van der Waals surface area contributed by atoms with Gasteiger partial charge in [0.25, 0.3) is 5.91 Å². The van der Waals surface area contributed by atoms with Crippen LogP contribution in [-0.2, 0) is 4.79 Å². The molecule has 4 rings (SSSR count). The molecule has 1 aliphatic heterocycles. The molecular weight excluding hydrogens is 224 g/mol. The van der Waals surface area contributed by atoms with Gasteiger partial charge in [-0.25, -0.2) is 0 Å². The fraction of sp³-hybridized carbons (Fsp3) is 0.867. The number of carbonyl (C=O) groups excluding carboxylic acids is 1. The lowest BCUT2D eigenvalue weighted by Gasteiger charge is -2.65. The number of amides is 1. The van der Waals surface area contributed by atoms with Gasteiger partial charge in [-0.3, -0.25) is 9.79 Å². The molecule has 4 atom stereocenters. The van der Waals surface area contributed by atoms with E-state index in [0.29, 0.717) is 5.41 Å². The van der Waals surface area contributed by atoms with Crippen LogP contribution in [-0.4, -0.2) is 29.7 Å². The van der Waals surface area contributed by atoms with E-state index in [0.717, 1.165) is 18.4 Å². The summed E-state index contributed by atoms with van der Waals surface area (Å²) in [5, 5.41) is 0. The van der Waals surface area contributed by atoms with Crippen molar-refractivity contribution in [3.63, 3.8) is 0 Å². The third-order valence-electron chi connectivity index (χ3n) is 5.98. The Hall–Kier alpha value is -0.860. The van der Waals surface area contributed by atoms with Gasteiger partial charge in [0.15, 0.2) is 0 Å². The molecule has 2 bridgehead atoms. The normalized spacial score (nSPS) is 45.2. The lowest BCUT2D eigenvalue weighted by molar-refractivity contribution is -0.158. The minimum atomic E-state index is -0.167. The van der Waals surface area contributed by atoms with Crippen molar-refractivity contribution in [2.24, 2.45) is 27.7 Å². The Morgan fingerprint density at radius 2 is 2.17 bits per heavy atom. The molecule has 1 heterocycles. The highest BCUT2D eigenvalue weighted by Crippen LogP contribution is 2.66. The summed E-state index contributed by atoms with van der Waals surface area (Å²) in [6.07, 6.45) is 5.71. The number of hydrogen-bond donors (Lipinski definition) is 0. The van der Waals surface area contributed by atoms with E-state index in [1.165, 1.54) is 19.3 Å². The van der Waals surface area contributed by atoms with Crippen molar-refractivity contribution in [2.45, 2.75) is 53.0 Å². The Bertz CT molecular complexity index is 413. The van der Waals surface area contributed by atoms with Gasteiger partial charge in [-0.2, -0.15) is 0 Å². The van der Waals surface area contributed by atoms with E-state index in [-0.39, 0.29) is 17.4 Å². The van der Waals surface area contributed by atoms with Crippen LogP contribution in [0.4, 0.5) is 0 Å². The maximum atomic E-state index is 12.0. The lowest BCUT2D eigenvalue weighted by atomic mass is 9.41. The van der Waals surface area contributed by atoms with Crippen molar-refractivity contribution in [1.82, 2.24) is 4.90 Å². The van der Waals surface area contributed by atoms with Crippen molar-refractivity contribution >= 4 is 12.2 Å². The Kier molecular flexibility index (Phi) is 2.43. The summed E-state index contributed by atoms with van der Waals surface area (Å²) in [4.78, 5) is 18.1. The molecule has 0 aromatic carbocycles. The number of hydrogen-bond acceptors (Lipinski definition) is 2. The highest BCUT2D eigenvalue weighted by Gasteiger charge is 2.59. The zero-order chi connectivity index (χ0) is 13.1. The molecule has 3 aliphatic carbocycles. The van der Waals surface area contributed by atoms with Crippen LogP contribution < -0.4 is 0 Å². The van der Waals surface area contributed by atoms with Gasteiger partial charge >= 0.3 is 0 Å². The molecule has 4 unspecified atom stereocenters. The third kappa shape index (κ3) is 1.49. The van der Waals surface area contributed by atoms with E-state index in [9.17, 15) is 4.79 Å². The second-order valence-electron chi connectivity index (χ2n) is 7.41. The topological polar surface area (TPSA) is 32.7 Å². The molecule has 0 aromatic rings. The van der Waals surface area contributed by atoms with E-state index in [2.05, 4.69) is 25.8 Å². The predicted molar refractivity (Wildman–Crippen MR) is 72.4 cm³/mol. The second-order valence-corrected chi connectivity index (χ2v) is 7.41. The zero-order valence-corrected chi connectivity index (χ0v) is 11.9. The summed E-state index contributed by atoms with van der Waals surface area (Å²) in [5.41, 5.74) is 0.753. The number of rotatable bonds is 2. The molecule has 0 radical (unpaired) electrons. The van der Waals surface area contributed by atoms with Crippen LogP contribution in [0.1, 0.15) is 47.0 Å². The van der Waals surface area contributed by atoms with Crippen LogP contribution in [0, 0.1) is 22.7 Å². The van der Waals surface area contributed by atoms with Gasteiger partial charge < -0.3 is 4.90 Å². The molecule has 0 spiro atoms. The van der Waals surface area contributed by atoms with Gasteiger partial charge in [0.2, 0.25) is 0 Å². The fourth-order valence-corrected chi connectivity index (χ4v) is 4.60. The average Bonchev–Trinajstić information content (AvgIpc) is 2.60. The van der Waals surface area contributed by atoms with Crippen molar-refractivity contribution < 1.29 is 4.79 Å². The van der Waals surface area contributed by atoms with Crippen molar-refractivity contribution in [3.05, 3.63) is 0 Å². The lowest BCUT2D eigenvalue weighted by Crippen LogP contribution is -2.59. The van der Waals surface area contributed by atoms with Gasteiger partial charge in [-0.15, -0.1) is 0 Å². The maximum absolute atomic E-state index is 12.0. The van der Waals surface area contributed by atoms with Gasteiger partial charge in [0.1, 0.15) is 6.04 Å². The molecule has 3 fully saturated rings. The third-order valence-corrected chi connectivity index (χ3v) is 5.98. The standard InChI is InChI=1S/C15H24N2O/c1-10-13(18)17(9-16-10)8-15(4)6-5-11-7-12(15)14(11,2)3/h9-12H,5-8H2,1-4H3. The smallest absolute Gasteiger partial charge is 0.252 e. The average molecular weight is 248 g/mol. The first-order valence-electron chi connectivity index (χ1n) is 7.18. The number of carbonyl (C=O) groups is 1. The minimum absolute atomic E-state index is 0.167. The molecule has 1 amide bonds. The minimum Gasteiger partial charge on any atom is -0.301 e. The molecule has 100 valence electrons. The zero-order valence-electron chi connectivity index (χ0n) is 11.9. The molecule has 4 aliphatic rings. The Morgan fingerprint density at radius 3 is 2.67 bits per heavy atom. The predicted octanol–water partition coefficient (Wildman–Crippen LogP) is 2.71. The molecule has 0 aromatic heterocycles. The summed E-state index contributed by atoms with van der Waals surface area (Å²) in [5.74, 6) is 1.86. The van der Waals surface area contributed by atoms with Gasteiger partial charge in [-0.1, -0.05) is 20.8 Å². The molecule has 18 heavy (non-hydrogen) atoms. The number of fused-ring (bicyclic) bond motifs is 2. The van der Waals surface area contributed by atoms with E-state index in [4.69, 9.17) is 0 Å². The highest BCUT2D eigenvalue weighted by atomic mass is 16.2. The number of nitrogens with zero attached hydrogens (tertiary/aromatic N) is 2. The van der Waals surface area contributed by atoms with E-state index in [1.54, 1.807) is 6.34 Å². The largest absolute Gasteiger partial charge is 0.301 e. The molecule has 0 saturated heterocycles. The molecule has 3 saturated carbocycles. The van der Waals surface area contributed by atoms with E-state index >= 15 is 0 Å². The summed E-state index contributed by atoms with van der Waals surface area (Å²) < 4.78 is 0. The summed E-state index contributed by atoms with van der Waals surface area (Å²) in [7, 11) is 0. The number of aliphatic imine (C=N–C) groups is 1. The van der Waals surface area contributed by atoms with Crippen LogP contribution in [0.2, 0.25) is 0 Å². The Labute approximate surface area is 110 Å². The first-order chi connectivity index (χ1) is 8.34. The maximum Gasteiger partial charge on any atom is 0.252 e.